The lowest BCUT2D eigenvalue weighted by Crippen LogP contribution is -2.40. The summed E-state index contributed by atoms with van der Waals surface area (Å²) in [5.74, 6) is 0.787. The van der Waals surface area contributed by atoms with Gasteiger partial charge in [-0.1, -0.05) is 12.5 Å². The first-order valence-electron chi connectivity index (χ1n) is 7.06. The van der Waals surface area contributed by atoms with Crippen molar-refractivity contribution in [2.24, 2.45) is 0 Å². The molecule has 0 bridgehead atoms. The molecule has 2 rings (SSSR count). The zero-order valence-corrected chi connectivity index (χ0v) is 12.6. The first-order valence-corrected chi connectivity index (χ1v) is 8.71. The molecule has 1 aliphatic heterocycles. The largest absolute Gasteiger partial charge is 0.494 e. The van der Waals surface area contributed by atoms with Gasteiger partial charge in [0, 0.05) is 12.1 Å². The van der Waals surface area contributed by atoms with Crippen molar-refractivity contribution >= 4 is 15.7 Å². The fraction of sp³-hybridized carbons (Fsp3) is 0.571. The van der Waals surface area contributed by atoms with Crippen LogP contribution in [0.3, 0.4) is 0 Å². The van der Waals surface area contributed by atoms with Gasteiger partial charge in [0.2, 0.25) is 10.0 Å². The molecule has 0 saturated carbocycles. The smallest absolute Gasteiger partial charge is 0.234 e. The van der Waals surface area contributed by atoms with E-state index in [0.29, 0.717) is 18.0 Å². The fourth-order valence-corrected chi connectivity index (χ4v) is 3.75. The van der Waals surface area contributed by atoms with Gasteiger partial charge in [-0.15, -0.1) is 0 Å². The van der Waals surface area contributed by atoms with Crippen molar-refractivity contribution in [3.8, 4) is 5.75 Å². The van der Waals surface area contributed by atoms with Crippen molar-refractivity contribution in [1.29, 1.82) is 0 Å². The van der Waals surface area contributed by atoms with E-state index in [2.05, 4.69) is 10.0 Å². The maximum Gasteiger partial charge on any atom is 0.234 e. The number of piperidine rings is 1. The van der Waals surface area contributed by atoms with Crippen molar-refractivity contribution in [2.75, 3.05) is 23.6 Å². The van der Waals surface area contributed by atoms with Gasteiger partial charge >= 0.3 is 0 Å². The van der Waals surface area contributed by atoms with Crippen molar-refractivity contribution in [3.05, 3.63) is 24.3 Å². The number of sulfonamides is 1. The van der Waals surface area contributed by atoms with Crippen LogP contribution in [0.5, 0.6) is 5.75 Å². The Labute approximate surface area is 120 Å². The van der Waals surface area contributed by atoms with E-state index in [4.69, 9.17) is 4.74 Å². The normalized spacial score (nSPS) is 19.6. The summed E-state index contributed by atoms with van der Waals surface area (Å²) in [6.45, 7) is 3.35. The first kappa shape index (κ1) is 15.1. The lowest BCUT2D eigenvalue weighted by molar-refractivity contribution is 0.340. The van der Waals surface area contributed by atoms with Crippen LogP contribution >= 0.6 is 0 Å². The van der Waals surface area contributed by atoms with Gasteiger partial charge in [-0.25, -0.2) is 8.42 Å². The van der Waals surface area contributed by atoms with Gasteiger partial charge in [0.1, 0.15) is 5.75 Å². The van der Waals surface area contributed by atoms with Gasteiger partial charge in [-0.2, -0.15) is 0 Å². The highest BCUT2D eigenvalue weighted by atomic mass is 32.2. The summed E-state index contributed by atoms with van der Waals surface area (Å²) in [6.07, 6.45) is 3.13. The molecule has 0 amide bonds. The molecule has 6 heteroatoms. The fourth-order valence-electron chi connectivity index (χ4n) is 2.37. The van der Waals surface area contributed by atoms with Gasteiger partial charge in [0.05, 0.1) is 18.0 Å². The molecule has 0 aromatic heterocycles. The van der Waals surface area contributed by atoms with Gasteiger partial charge in [0.25, 0.3) is 0 Å². The zero-order valence-electron chi connectivity index (χ0n) is 11.8. The Hall–Kier alpha value is -1.27. The molecule has 1 aliphatic rings. The molecule has 1 unspecified atom stereocenters. The lowest BCUT2D eigenvalue weighted by Gasteiger charge is -2.23. The molecule has 1 heterocycles. The summed E-state index contributed by atoms with van der Waals surface area (Å²) in [6, 6.07) is 7.08. The Balaban J connectivity index is 1.98. The van der Waals surface area contributed by atoms with Crippen molar-refractivity contribution < 1.29 is 13.2 Å². The lowest BCUT2D eigenvalue weighted by atomic mass is 10.1. The third-order valence-corrected chi connectivity index (χ3v) is 4.64. The first-order chi connectivity index (χ1) is 9.59. The SMILES string of the molecule is CCOc1cccc(NS(=O)(=O)CC2CCCCN2)c1. The van der Waals surface area contributed by atoms with Crippen LogP contribution in [-0.4, -0.2) is 33.4 Å². The van der Waals surface area contributed by atoms with Crippen molar-refractivity contribution in [3.63, 3.8) is 0 Å². The third kappa shape index (κ3) is 4.68. The highest BCUT2D eigenvalue weighted by Crippen LogP contribution is 2.19. The molecule has 0 radical (unpaired) electrons. The summed E-state index contributed by atoms with van der Waals surface area (Å²) >= 11 is 0. The number of hydrogen-bond acceptors (Lipinski definition) is 4. The minimum Gasteiger partial charge on any atom is -0.494 e. The second-order valence-corrected chi connectivity index (χ2v) is 6.76. The molecule has 1 saturated heterocycles. The predicted octanol–water partition coefficient (Wildman–Crippen LogP) is 1.97. The Bertz CT molecular complexity index is 525. The van der Waals surface area contributed by atoms with E-state index in [0.717, 1.165) is 25.8 Å². The van der Waals surface area contributed by atoms with E-state index in [9.17, 15) is 8.42 Å². The average molecular weight is 298 g/mol. The number of benzene rings is 1. The van der Waals surface area contributed by atoms with Crippen molar-refractivity contribution in [2.45, 2.75) is 32.2 Å². The Morgan fingerprint density at radius 3 is 2.95 bits per heavy atom. The summed E-state index contributed by atoms with van der Waals surface area (Å²) in [5, 5.41) is 3.25. The van der Waals surface area contributed by atoms with Crippen LogP contribution in [0.15, 0.2) is 24.3 Å². The Kier molecular flexibility index (Phi) is 5.25. The highest BCUT2D eigenvalue weighted by Gasteiger charge is 2.20. The molecule has 0 spiro atoms. The minimum atomic E-state index is -3.33. The standard InChI is InChI=1S/C14H22N2O3S/c1-2-19-14-8-5-7-12(10-14)16-20(17,18)11-13-6-3-4-9-15-13/h5,7-8,10,13,15-16H,2-4,6,9,11H2,1H3. The maximum absolute atomic E-state index is 12.1. The van der Waals surface area contributed by atoms with Crippen LogP contribution in [0.1, 0.15) is 26.2 Å². The number of anilines is 1. The maximum atomic E-state index is 12.1. The number of rotatable bonds is 6. The molecule has 0 aliphatic carbocycles. The Morgan fingerprint density at radius 1 is 1.40 bits per heavy atom. The summed E-state index contributed by atoms with van der Waals surface area (Å²) in [4.78, 5) is 0. The number of ether oxygens (including phenoxy) is 1. The van der Waals surface area contributed by atoms with Crippen LogP contribution in [0.4, 0.5) is 5.69 Å². The van der Waals surface area contributed by atoms with E-state index in [1.54, 1.807) is 18.2 Å². The van der Waals surface area contributed by atoms with Crippen molar-refractivity contribution in [1.82, 2.24) is 5.32 Å². The van der Waals surface area contributed by atoms with Gasteiger partial charge in [-0.3, -0.25) is 4.72 Å². The molecule has 1 aromatic rings. The number of nitrogens with one attached hydrogen (secondary N) is 2. The Morgan fingerprint density at radius 2 is 2.25 bits per heavy atom. The van der Waals surface area contributed by atoms with Crippen LogP contribution in [0.2, 0.25) is 0 Å². The molecular formula is C14H22N2O3S. The van der Waals surface area contributed by atoms with E-state index >= 15 is 0 Å². The molecule has 20 heavy (non-hydrogen) atoms. The van der Waals surface area contributed by atoms with Crippen LogP contribution in [0.25, 0.3) is 0 Å². The zero-order chi connectivity index (χ0) is 14.4. The van der Waals surface area contributed by atoms with E-state index < -0.39 is 10.0 Å². The summed E-state index contributed by atoms with van der Waals surface area (Å²) in [5.41, 5.74) is 0.548. The molecule has 1 aromatic carbocycles. The van der Waals surface area contributed by atoms with E-state index in [1.165, 1.54) is 0 Å². The molecule has 2 N–H and O–H groups in total. The second kappa shape index (κ2) is 6.95. The topological polar surface area (TPSA) is 67.4 Å². The molecule has 5 nitrogen and oxygen atoms in total. The molecular weight excluding hydrogens is 276 g/mol. The van der Waals surface area contributed by atoms with Gasteiger partial charge in [0.15, 0.2) is 0 Å². The van der Waals surface area contributed by atoms with Crippen LogP contribution in [0, 0.1) is 0 Å². The monoisotopic (exact) mass is 298 g/mol. The second-order valence-electron chi connectivity index (χ2n) is 4.99. The third-order valence-electron chi connectivity index (χ3n) is 3.25. The average Bonchev–Trinajstić information content (AvgIpc) is 2.39. The van der Waals surface area contributed by atoms with Gasteiger partial charge < -0.3 is 10.1 Å². The van der Waals surface area contributed by atoms with Gasteiger partial charge in [-0.05, 0) is 38.4 Å². The highest BCUT2D eigenvalue weighted by molar-refractivity contribution is 7.92. The quantitative estimate of drug-likeness (QED) is 0.842. The van der Waals surface area contributed by atoms with Crippen LogP contribution in [-0.2, 0) is 10.0 Å². The molecule has 112 valence electrons. The van der Waals surface area contributed by atoms with E-state index in [-0.39, 0.29) is 11.8 Å². The van der Waals surface area contributed by atoms with Crippen LogP contribution < -0.4 is 14.8 Å². The summed E-state index contributed by atoms with van der Waals surface area (Å²) in [7, 11) is -3.33. The molecule has 1 fully saturated rings. The number of hydrogen-bond donors (Lipinski definition) is 2. The summed E-state index contributed by atoms with van der Waals surface area (Å²) < 4.78 is 32.3. The van der Waals surface area contributed by atoms with E-state index in [1.807, 2.05) is 13.0 Å². The molecule has 1 atom stereocenters. The predicted molar refractivity (Wildman–Crippen MR) is 80.7 cm³/mol. The minimum absolute atomic E-state index is 0.0522.